The summed E-state index contributed by atoms with van der Waals surface area (Å²) >= 11 is 7.64. The highest BCUT2D eigenvalue weighted by atomic mass is 35.5. The Balaban J connectivity index is 1.38. The lowest BCUT2D eigenvalue weighted by Gasteiger charge is -2.16. The van der Waals surface area contributed by atoms with Gasteiger partial charge in [0, 0.05) is 37.1 Å². The molecule has 1 aromatic carbocycles. The second-order valence-electron chi connectivity index (χ2n) is 5.62. The van der Waals surface area contributed by atoms with Crippen LogP contribution in [-0.4, -0.2) is 30.6 Å². The minimum atomic E-state index is 0.629. The third kappa shape index (κ3) is 4.55. The van der Waals surface area contributed by atoms with Gasteiger partial charge < -0.3 is 5.32 Å². The topological polar surface area (TPSA) is 15.3 Å². The molecule has 112 valence electrons. The van der Waals surface area contributed by atoms with Crippen molar-refractivity contribution in [3.8, 4) is 0 Å². The van der Waals surface area contributed by atoms with Crippen molar-refractivity contribution in [1.29, 1.82) is 0 Å². The van der Waals surface area contributed by atoms with Crippen LogP contribution in [0.2, 0.25) is 4.34 Å². The van der Waals surface area contributed by atoms with Crippen molar-refractivity contribution in [2.24, 2.45) is 0 Å². The molecule has 1 atom stereocenters. The van der Waals surface area contributed by atoms with E-state index in [0.717, 1.165) is 30.4 Å². The molecule has 2 nitrogen and oxygen atoms in total. The zero-order chi connectivity index (χ0) is 14.5. The fourth-order valence-electron chi connectivity index (χ4n) is 2.87. The van der Waals surface area contributed by atoms with E-state index in [-0.39, 0.29) is 0 Å². The smallest absolute Gasteiger partial charge is 0.0931 e. The average molecular weight is 321 g/mol. The SMILES string of the molecule is Clc1ccc(CCNC2CCN(Cc3ccccc3)C2)s1. The molecule has 1 N–H and O–H groups in total. The molecule has 3 rings (SSSR count). The minimum Gasteiger partial charge on any atom is -0.312 e. The van der Waals surface area contributed by atoms with Crippen LogP contribution in [0.5, 0.6) is 0 Å². The van der Waals surface area contributed by atoms with E-state index < -0.39 is 0 Å². The lowest BCUT2D eigenvalue weighted by Crippen LogP contribution is -2.33. The van der Waals surface area contributed by atoms with Crippen LogP contribution < -0.4 is 5.32 Å². The molecule has 1 aliphatic heterocycles. The quantitative estimate of drug-likeness (QED) is 0.870. The van der Waals surface area contributed by atoms with Crippen LogP contribution in [0.1, 0.15) is 16.9 Å². The number of halogens is 1. The number of thiophene rings is 1. The van der Waals surface area contributed by atoms with Crippen LogP contribution in [0.4, 0.5) is 0 Å². The zero-order valence-corrected chi connectivity index (χ0v) is 13.7. The van der Waals surface area contributed by atoms with Crippen LogP contribution in [-0.2, 0) is 13.0 Å². The number of nitrogens with one attached hydrogen (secondary N) is 1. The maximum absolute atomic E-state index is 5.95. The first-order chi connectivity index (χ1) is 10.3. The highest BCUT2D eigenvalue weighted by Crippen LogP contribution is 2.21. The number of likely N-dealkylation sites (tertiary alicyclic amines) is 1. The lowest BCUT2D eigenvalue weighted by molar-refractivity contribution is 0.320. The standard InChI is InChI=1S/C17H21ClN2S/c18-17-7-6-16(21-17)8-10-19-15-9-11-20(13-15)12-14-4-2-1-3-5-14/h1-7,15,19H,8-13H2. The predicted octanol–water partition coefficient (Wildman–Crippen LogP) is 3.81. The van der Waals surface area contributed by atoms with Gasteiger partial charge in [-0.25, -0.2) is 0 Å². The molecular formula is C17H21ClN2S. The van der Waals surface area contributed by atoms with E-state index >= 15 is 0 Å². The Morgan fingerprint density at radius 1 is 1.19 bits per heavy atom. The van der Waals surface area contributed by atoms with Gasteiger partial charge in [-0.05, 0) is 30.5 Å². The second-order valence-corrected chi connectivity index (χ2v) is 7.42. The Kier molecular flexibility index (Phi) is 5.31. The molecule has 0 bridgehead atoms. The summed E-state index contributed by atoms with van der Waals surface area (Å²) in [6.45, 7) is 4.46. The molecule has 21 heavy (non-hydrogen) atoms. The van der Waals surface area contributed by atoms with Gasteiger partial charge in [-0.1, -0.05) is 41.9 Å². The zero-order valence-electron chi connectivity index (χ0n) is 12.1. The lowest BCUT2D eigenvalue weighted by atomic mass is 10.2. The van der Waals surface area contributed by atoms with Crippen molar-refractivity contribution in [3.63, 3.8) is 0 Å². The fourth-order valence-corrected chi connectivity index (χ4v) is 3.96. The molecule has 0 spiro atoms. The molecule has 1 aromatic heterocycles. The van der Waals surface area contributed by atoms with Gasteiger partial charge in [-0.3, -0.25) is 4.90 Å². The van der Waals surface area contributed by atoms with Crippen LogP contribution in [0.25, 0.3) is 0 Å². The third-order valence-corrected chi connectivity index (χ3v) is 5.25. The Bertz CT molecular complexity index is 555. The highest BCUT2D eigenvalue weighted by Gasteiger charge is 2.21. The summed E-state index contributed by atoms with van der Waals surface area (Å²) < 4.78 is 0.889. The third-order valence-electron chi connectivity index (χ3n) is 3.95. The van der Waals surface area contributed by atoms with Crippen LogP contribution in [0.3, 0.4) is 0 Å². The summed E-state index contributed by atoms with van der Waals surface area (Å²) in [5.74, 6) is 0. The van der Waals surface area contributed by atoms with Crippen molar-refractivity contribution in [1.82, 2.24) is 10.2 Å². The Hall–Kier alpha value is -0.870. The fraction of sp³-hybridized carbons (Fsp3) is 0.412. The number of hydrogen-bond acceptors (Lipinski definition) is 3. The van der Waals surface area contributed by atoms with E-state index in [9.17, 15) is 0 Å². The van der Waals surface area contributed by atoms with E-state index in [1.54, 1.807) is 11.3 Å². The number of hydrogen-bond donors (Lipinski definition) is 1. The molecule has 0 saturated carbocycles. The summed E-state index contributed by atoms with van der Waals surface area (Å²) in [5, 5.41) is 3.68. The van der Waals surface area contributed by atoms with Gasteiger partial charge in [0.05, 0.1) is 4.34 Å². The Labute approximate surface area is 135 Å². The second kappa shape index (κ2) is 7.41. The van der Waals surface area contributed by atoms with Crippen molar-refractivity contribution in [2.45, 2.75) is 25.4 Å². The van der Waals surface area contributed by atoms with E-state index in [0.29, 0.717) is 6.04 Å². The summed E-state index contributed by atoms with van der Waals surface area (Å²) in [4.78, 5) is 3.90. The van der Waals surface area contributed by atoms with E-state index in [2.05, 4.69) is 46.6 Å². The van der Waals surface area contributed by atoms with E-state index in [4.69, 9.17) is 11.6 Å². The summed E-state index contributed by atoms with van der Waals surface area (Å²) in [5.41, 5.74) is 1.41. The predicted molar refractivity (Wildman–Crippen MR) is 91.2 cm³/mol. The maximum Gasteiger partial charge on any atom is 0.0931 e. The average Bonchev–Trinajstić information content (AvgIpc) is 3.10. The molecule has 0 amide bonds. The van der Waals surface area contributed by atoms with Crippen molar-refractivity contribution in [2.75, 3.05) is 19.6 Å². The summed E-state index contributed by atoms with van der Waals surface area (Å²) in [7, 11) is 0. The minimum absolute atomic E-state index is 0.629. The first-order valence-electron chi connectivity index (χ1n) is 7.53. The molecule has 1 unspecified atom stereocenters. The normalized spacial score (nSPS) is 19.2. The molecule has 1 saturated heterocycles. The van der Waals surface area contributed by atoms with Crippen molar-refractivity contribution in [3.05, 3.63) is 57.2 Å². The van der Waals surface area contributed by atoms with Gasteiger partial charge in [-0.15, -0.1) is 11.3 Å². The molecule has 2 aromatic rings. The largest absolute Gasteiger partial charge is 0.312 e. The Morgan fingerprint density at radius 2 is 2.05 bits per heavy atom. The van der Waals surface area contributed by atoms with Gasteiger partial charge in [-0.2, -0.15) is 0 Å². The van der Waals surface area contributed by atoms with E-state index in [1.807, 2.05) is 6.07 Å². The first kappa shape index (κ1) is 15.0. The van der Waals surface area contributed by atoms with E-state index in [1.165, 1.54) is 23.4 Å². The van der Waals surface area contributed by atoms with Crippen LogP contribution in [0.15, 0.2) is 42.5 Å². The highest BCUT2D eigenvalue weighted by molar-refractivity contribution is 7.16. The molecule has 4 heteroatoms. The van der Waals surface area contributed by atoms with Gasteiger partial charge in [0.2, 0.25) is 0 Å². The molecule has 2 heterocycles. The molecule has 1 fully saturated rings. The summed E-state index contributed by atoms with van der Waals surface area (Å²) in [6, 6.07) is 15.5. The van der Waals surface area contributed by atoms with Crippen molar-refractivity contribution >= 4 is 22.9 Å². The molecule has 1 aliphatic rings. The molecule has 0 aliphatic carbocycles. The van der Waals surface area contributed by atoms with Crippen molar-refractivity contribution < 1.29 is 0 Å². The van der Waals surface area contributed by atoms with Crippen LogP contribution >= 0.6 is 22.9 Å². The molecular weight excluding hydrogens is 300 g/mol. The molecule has 0 radical (unpaired) electrons. The van der Waals surface area contributed by atoms with Gasteiger partial charge in [0.15, 0.2) is 0 Å². The first-order valence-corrected chi connectivity index (χ1v) is 8.73. The number of benzene rings is 1. The van der Waals surface area contributed by atoms with Gasteiger partial charge in [0.1, 0.15) is 0 Å². The number of nitrogens with zero attached hydrogens (tertiary/aromatic N) is 1. The monoisotopic (exact) mass is 320 g/mol. The van der Waals surface area contributed by atoms with Gasteiger partial charge in [0.25, 0.3) is 0 Å². The number of rotatable bonds is 6. The summed E-state index contributed by atoms with van der Waals surface area (Å²) in [6.07, 6.45) is 2.32. The Morgan fingerprint density at radius 3 is 2.81 bits per heavy atom. The maximum atomic E-state index is 5.95. The van der Waals surface area contributed by atoms with Crippen LogP contribution in [0, 0.1) is 0 Å². The van der Waals surface area contributed by atoms with Gasteiger partial charge >= 0.3 is 0 Å².